The maximum Gasteiger partial charge on any atom is 0.0412 e. The van der Waals surface area contributed by atoms with E-state index in [0.29, 0.717) is 5.92 Å². The average molecular weight is 309 g/mol. The second kappa shape index (κ2) is 6.93. The maximum atomic E-state index is 4.55. The van der Waals surface area contributed by atoms with Gasteiger partial charge in [-0.05, 0) is 50.3 Å². The van der Waals surface area contributed by atoms with Gasteiger partial charge in [0.05, 0.1) is 0 Å². The first kappa shape index (κ1) is 13.6. The molecule has 0 aromatic heterocycles. The van der Waals surface area contributed by atoms with Crippen LogP contribution in [0.4, 0.5) is 0 Å². The van der Waals surface area contributed by atoms with Crippen molar-refractivity contribution in [1.29, 1.82) is 0 Å². The topological polar surface area (TPSA) is 24.4 Å². The van der Waals surface area contributed by atoms with E-state index in [0.717, 1.165) is 23.9 Å². The monoisotopic (exact) mass is 308 g/mol. The summed E-state index contributed by atoms with van der Waals surface area (Å²) in [6.07, 6.45) is 6.19. The molecule has 1 aromatic rings. The van der Waals surface area contributed by atoms with Gasteiger partial charge in [-0.25, -0.2) is 0 Å². The summed E-state index contributed by atoms with van der Waals surface area (Å²) >= 11 is 3.48. The van der Waals surface area contributed by atoms with E-state index < -0.39 is 0 Å². The first-order chi connectivity index (χ1) is 8.79. The van der Waals surface area contributed by atoms with Gasteiger partial charge in [-0.3, -0.25) is 0 Å². The molecule has 1 N–H and O–H groups in total. The highest BCUT2D eigenvalue weighted by Gasteiger charge is 2.20. The maximum absolute atomic E-state index is 4.55. The molecule has 98 valence electrons. The summed E-state index contributed by atoms with van der Waals surface area (Å²) in [4.78, 5) is 0. The van der Waals surface area contributed by atoms with Gasteiger partial charge < -0.3 is 5.43 Å². The number of nitrogens with one attached hydrogen (secondary N) is 1. The third-order valence-electron chi connectivity index (χ3n) is 3.48. The summed E-state index contributed by atoms with van der Waals surface area (Å²) in [5, 5.41) is 4.55. The van der Waals surface area contributed by atoms with Crippen LogP contribution in [0.25, 0.3) is 0 Å². The molecule has 1 atom stereocenters. The zero-order valence-corrected chi connectivity index (χ0v) is 12.5. The van der Waals surface area contributed by atoms with Gasteiger partial charge in [-0.1, -0.05) is 34.5 Å². The zero-order valence-electron chi connectivity index (χ0n) is 11.0. The van der Waals surface area contributed by atoms with E-state index >= 15 is 0 Å². The number of hydrogen-bond acceptors (Lipinski definition) is 2. The van der Waals surface area contributed by atoms with Gasteiger partial charge in [0.25, 0.3) is 0 Å². The van der Waals surface area contributed by atoms with Gasteiger partial charge in [0, 0.05) is 22.6 Å². The minimum Gasteiger partial charge on any atom is -0.310 e. The van der Waals surface area contributed by atoms with Crippen molar-refractivity contribution < 1.29 is 0 Å². The smallest absolute Gasteiger partial charge is 0.0412 e. The van der Waals surface area contributed by atoms with E-state index in [1.807, 2.05) is 0 Å². The molecule has 2 rings (SSSR count). The lowest BCUT2D eigenvalue weighted by Gasteiger charge is -2.24. The minimum atomic E-state index is 0.624. The van der Waals surface area contributed by atoms with Crippen molar-refractivity contribution in [3.8, 4) is 0 Å². The lowest BCUT2D eigenvalue weighted by atomic mass is 9.83. The Bertz CT molecular complexity index is 397. The van der Waals surface area contributed by atoms with Gasteiger partial charge in [0.15, 0.2) is 0 Å². The van der Waals surface area contributed by atoms with Crippen LogP contribution < -0.4 is 5.43 Å². The standard InChI is InChI=1S/C15H21BrN2/c1-2-17-18-15-6-4-3-5-13(15)11-12-7-9-14(16)10-8-12/h7-10,13,17H,2-6,11H2,1H3. The molecule has 18 heavy (non-hydrogen) atoms. The molecule has 0 radical (unpaired) electrons. The number of hydrogen-bond donors (Lipinski definition) is 1. The molecule has 1 fully saturated rings. The number of benzene rings is 1. The lowest BCUT2D eigenvalue weighted by molar-refractivity contribution is 0.517. The van der Waals surface area contributed by atoms with Crippen LogP contribution in [0.2, 0.25) is 0 Å². The van der Waals surface area contributed by atoms with Gasteiger partial charge in [-0.2, -0.15) is 5.10 Å². The lowest BCUT2D eigenvalue weighted by Crippen LogP contribution is -2.24. The van der Waals surface area contributed by atoms with Crippen LogP contribution in [-0.2, 0) is 6.42 Å². The Kier molecular flexibility index (Phi) is 5.24. The Balaban J connectivity index is 2.03. The highest BCUT2D eigenvalue weighted by Crippen LogP contribution is 2.25. The molecule has 0 spiro atoms. The molecule has 0 heterocycles. The van der Waals surface area contributed by atoms with Gasteiger partial charge in [-0.15, -0.1) is 0 Å². The van der Waals surface area contributed by atoms with E-state index in [-0.39, 0.29) is 0 Å². The van der Waals surface area contributed by atoms with Crippen LogP contribution in [0.3, 0.4) is 0 Å². The van der Waals surface area contributed by atoms with E-state index in [9.17, 15) is 0 Å². The summed E-state index contributed by atoms with van der Waals surface area (Å²) in [6, 6.07) is 8.67. The molecule has 2 nitrogen and oxygen atoms in total. The summed E-state index contributed by atoms with van der Waals surface area (Å²) in [5.41, 5.74) is 5.90. The molecule has 1 aromatic carbocycles. The minimum absolute atomic E-state index is 0.624. The average Bonchev–Trinajstić information content (AvgIpc) is 2.40. The fourth-order valence-electron chi connectivity index (χ4n) is 2.52. The third kappa shape index (κ3) is 3.84. The predicted molar refractivity (Wildman–Crippen MR) is 80.9 cm³/mol. The number of rotatable bonds is 4. The first-order valence-electron chi connectivity index (χ1n) is 6.83. The molecule has 1 aliphatic rings. The molecule has 1 unspecified atom stereocenters. The van der Waals surface area contributed by atoms with E-state index in [1.54, 1.807) is 0 Å². The fourth-order valence-corrected chi connectivity index (χ4v) is 2.78. The summed E-state index contributed by atoms with van der Waals surface area (Å²) in [7, 11) is 0. The Morgan fingerprint density at radius 1 is 1.28 bits per heavy atom. The number of hydrazone groups is 1. The quantitative estimate of drug-likeness (QED) is 0.830. The van der Waals surface area contributed by atoms with Crippen molar-refractivity contribution in [2.45, 2.75) is 39.0 Å². The fraction of sp³-hybridized carbons (Fsp3) is 0.533. The molecule has 0 bridgehead atoms. The normalized spacial score (nSPS) is 22.1. The molecule has 0 saturated heterocycles. The highest BCUT2D eigenvalue weighted by atomic mass is 79.9. The molecule has 0 amide bonds. The number of halogens is 1. The molecule has 1 saturated carbocycles. The van der Waals surface area contributed by atoms with Crippen LogP contribution in [0.5, 0.6) is 0 Å². The molecule has 1 aliphatic carbocycles. The van der Waals surface area contributed by atoms with Crippen LogP contribution in [0.1, 0.15) is 38.2 Å². The van der Waals surface area contributed by atoms with E-state index in [4.69, 9.17) is 0 Å². The predicted octanol–water partition coefficient (Wildman–Crippen LogP) is 4.15. The van der Waals surface area contributed by atoms with Crippen LogP contribution in [0, 0.1) is 5.92 Å². The zero-order chi connectivity index (χ0) is 12.8. The van der Waals surface area contributed by atoms with Crippen LogP contribution >= 0.6 is 15.9 Å². The Morgan fingerprint density at radius 3 is 2.78 bits per heavy atom. The molecular formula is C15H21BrN2. The Morgan fingerprint density at radius 2 is 2.06 bits per heavy atom. The molecular weight excluding hydrogens is 288 g/mol. The van der Waals surface area contributed by atoms with Crippen molar-refractivity contribution in [2.75, 3.05) is 6.54 Å². The van der Waals surface area contributed by atoms with Gasteiger partial charge >= 0.3 is 0 Å². The van der Waals surface area contributed by atoms with Crippen molar-refractivity contribution in [1.82, 2.24) is 5.43 Å². The van der Waals surface area contributed by atoms with Gasteiger partial charge in [0.2, 0.25) is 0 Å². The van der Waals surface area contributed by atoms with E-state index in [1.165, 1.54) is 30.5 Å². The molecule has 0 aliphatic heterocycles. The van der Waals surface area contributed by atoms with E-state index in [2.05, 4.69) is 57.6 Å². The van der Waals surface area contributed by atoms with Crippen molar-refractivity contribution in [3.05, 3.63) is 34.3 Å². The highest BCUT2D eigenvalue weighted by molar-refractivity contribution is 9.10. The largest absolute Gasteiger partial charge is 0.310 e. The Labute approximate surface area is 118 Å². The summed E-state index contributed by atoms with van der Waals surface area (Å²) < 4.78 is 1.15. The second-order valence-electron chi connectivity index (χ2n) is 4.89. The van der Waals surface area contributed by atoms with Gasteiger partial charge in [0.1, 0.15) is 0 Å². The summed E-state index contributed by atoms with van der Waals surface area (Å²) in [5.74, 6) is 0.624. The number of nitrogens with zero attached hydrogens (tertiary/aromatic N) is 1. The second-order valence-corrected chi connectivity index (χ2v) is 5.80. The van der Waals surface area contributed by atoms with Crippen molar-refractivity contribution in [3.63, 3.8) is 0 Å². The van der Waals surface area contributed by atoms with Crippen molar-refractivity contribution in [2.24, 2.45) is 11.0 Å². The van der Waals surface area contributed by atoms with Crippen LogP contribution in [-0.4, -0.2) is 12.3 Å². The molecule has 3 heteroatoms. The van der Waals surface area contributed by atoms with Crippen LogP contribution in [0.15, 0.2) is 33.8 Å². The Hall–Kier alpha value is -0.830. The van der Waals surface area contributed by atoms with Crippen molar-refractivity contribution >= 4 is 21.6 Å². The third-order valence-corrected chi connectivity index (χ3v) is 4.01. The summed E-state index contributed by atoms with van der Waals surface area (Å²) in [6.45, 7) is 3.01. The SMILES string of the molecule is CCNN=C1CCCCC1Cc1ccc(Br)cc1. The first-order valence-corrected chi connectivity index (χ1v) is 7.62.